The van der Waals surface area contributed by atoms with Gasteiger partial charge in [0.15, 0.2) is 0 Å². The molecule has 1 aliphatic heterocycles. The fourth-order valence-electron chi connectivity index (χ4n) is 4.41. The molecule has 4 rings (SSSR count). The van der Waals surface area contributed by atoms with Crippen LogP contribution in [0.1, 0.15) is 60.3 Å². The molecule has 1 aliphatic carbocycles. The quantitative estimate of drug-likeness (QED) is 0.882. The van der Waals surface area contributed by atoms with Crippen LogP contribution in [0.3, 0.4) is 0 Å². The van der Waals surface area contributed by atoms with Gasteiger partial charge in [0.2, 0.25) is 5.91 Å². The normalized spacial score (nSPS) is 20.3. The third kappa shape index (κ3) is 3.05. The summed E-state index contributed by atoms with van der Waals surface area (Å²) in [6.45, 7) is 5.16. The summed E-state index contributed by atoms with van der Waals surface area (Å²) in [7, 11) is 2.14. The van der Waals surface area contributed by atoms with Gasteiger partial charge in [-0.1, -0.05) is 0 Å². The lowest BCUT2D eigenvalue weighted by atomic mass is 10.0. The molecular formula is C19H28N6O. The summed E-state index contributed by atoms with van der Waals surface area (Å²) in [5, 5.41) is 10.1. The summed E-state index contributed by atoms with van der Waals surface area (Å²) >= 11 is 0. The molecule has 2 aliphatic rings. The average Bonchev–Trinajstić information content (AvgIpc) is 3.29. The van der Waals surface area contributed by atoms with E-state index >= 15 is 0 Å². The Bertz CT molecular complexity index is 801. The highest BCUT2D eigenvalue weighted by molar-refractivity contribution is 5.93. The molecule has 7 nitrogen and oxygen atoms in total. The van der Waals surface area contributed by atoms with E-state index in [0.717, 1.165) is 55.1 Å². The number of anilines is 1. The van der Waals surface area contributed by atoms with Crippen LogP contribution in [-0.2, 0) is 24.7 Å². The molecule has 0 radical (unpaired) electrons. The molecule has 2 aromatic heterocycles. The second kappa shape index (κ2) is 6.87. The minimum Gasteiger partial charge on any atom is -0.334 e. The number of carbonyl (C=O) groups is 1. The number of carbonyl (C=O) groups excluding carboxylic acids is 1. The highest BCUT2D eigenvalue weighted by atomic mass is 16.2. The lowest BCUT2D eigenvalue weighted by molar-refractivity contribution is -0.117. The standard InChI is InChI=1S/C19H28N6O/c1-12-18(13(2)23-22-12)21-17(26)11-25-10-6-9-16(25)19-20-14-7-4-5-8-15(14)24(19)3/h16H,4-11H2,1-3H3,(H,21,26)(H,22,23). The van der Waals surface area contributed by atoms with E-state index in [4.69, 9.17) is 4.98 Å². The molecule has 1 unspecified atom stereocenters. The molecule has 1 fully saturated rings. The van der Waals surface area contributed by atoms with Crippen LogP contribution in [0.2, 0.25) is 0 Å². The highest BCUT2D eigenvalue weighted by Gasteiger charge is 2.32. The Balaban J connectivity index is 1.49. The molecule has 0 bridgehead atoms. The van der Waals surface area contributed by atoms with Crippen molar-refractivity contribution >= 4 is 11.6 Å². The summed E-state index contributed by atoms with van der Waals surface area (Å²) in [6, 6.07) is 0.239. The zero-order valence-electron chi connectivity index (χ0n) is 15.9. The number of nitrogens with zero attached hydrogens (tertiary/aromatic N) is 4. The van der Waals surface area contributed by atoms with Gasteiger partial charge in [-0.2, -0.15) is 5.10 Å². The number of likely N-dealkylation sites (tertiary alicyclic amines) is 1. The Morgan fingerprint density at radius 1 is 1.27 bits per heavy atom. The number of rotatable bonds is 4. The first-order chi connectivity index (χ1) is 12.5. The average molecular weight is 356 g/mol. The van der Waals surface area contributed by atoms with Crippen LogP contribution in [0, 0.1) is 13.8 Å². The molecule has 0 aromatic carbocycles. The minimum absolute atomic E-state index is 0.0171. The predicted molar refractivity (Wildman–Crippen MR) is 100 cm³/mol. The minimum atomic E-state index is 0.0171. The van der Waals surface area contributed by atoms with Crippen molar-refractivity contribution in [1.29, 1.82) is 0 Å². The van der Waals surface area contributed by atoms with Gasteiger partial charge in [0.05, 0.1) is 35.4 Å². The van der Waals surface area contributed by atoms with E-state index in [0.29, 0.717) is 6.54 Å². The molecule has 2 aromatic rings. The second-order valence-electron chi connectivity index (χ2n) is 7.62. The van der Waals surface area contributed by atoms with Crippen LogP contribution < -0.4 is 5.32 Å². The van der Waals surface area contributed by atoms with E-state index in [2.05, 4.69) is 32.0 Å². The van der Waals surface area contributed by atoms with E-state index in [1.165, 1.54) is 24.2 Å². The summed E-state index contributed by atoms with van der Waals surface area (Å²) in [6.07, 6.45) is 6.90. The Kier molecular flexibility index (Phi) is 4.56. The number of hydrogen-bond acceptors (Lipinski definition) is 4. The van der Waals surface area contributed by atoms with Crippen molar-refractivity contribution in [2.75, 3.05) is 18.4 Å². The van der Waals surface area contributed by atoms with Crippen molar-refractivity contribution < 1.29 is 4.79 Å². The van der Waals surface area contributed by atoms with Gasteiger partial charge >= 0.3 is 0 Å². The highest BCUT2D eigenvalue weighted by Crippen LogP contribution is 2.33. The first-order valence-electron chi connectivity index (χ1n) is 9.64. The van der Waals surface area contributed by atoms with Crippen molar-refractivity contribution in [3.8, 4) is 0 Å². The van der Waals surface area contributed by atoms with Crippen molar-refractivity contribution in [3.63, 3.8) is 0 Å². The van der Waals surface area contributed by atoms with Gasteiger partial charge in [-0.15, -0.1) is 0 Å². The number of aromatic nitrogens is 4. The predicted octanol–water partition coefficient (Wildman–Crippen LogP) is 2.41. The lowest BCUT2D eigenvalue weighted by Gasteiger charge is -2.23. The van der Waals surface area contributed by atoms with Gasteiger partial charge in [-0.05, 0) is 58.9 Å². The van der Waals surface area contributed by atoms with Gasteiger partial charge in [-0.25, -0.2) is 4.98 Å². The second-order valence-corrected chi connectivity index (χ2v) is 7.62. The van der Waals surface area contributed by atoms with E-state index in [1.54, 1.807) is 0 Å². The van der Waals surface area contributed by atoms with Crippen molar-refractivity contribution in [2.45, 2.75) is 58.4 Å². The third-order valence-electron chi connectivity index (χ3n) is 5.81. The van der Waals surface area contributed by atoms with Crippen LogP contribution in [0.15, 0.2) is 0 Å². The number of imidazole rings is 1. The number of amides is 1. The summed E-state index contributed by atoms with van der Waals surface area (Å²) in [5.41, 5.74) is 5.19. The molecule has 1 saturated heterocycles. The zero-order valence-corrected chi connectivity index (χ0v) is 15.9. The third-order valence-corrected chi connectivity index (χ3v) is 5.81. The van der Waals surface area contributed by atoms with E-state index < -0.39 is 0 Å². The molecule has 0 spiro atoms. The van der Waals surface area contributed by atoms with Crippen LogP contribution in [-0.4, -0.2) is 43.6 Å². The number of H-pyrrole nitrogens is 1. The van der Waals surface area contributed by atoms with E-state index in [9.17, 15) is 4.79 Å². The number of nitrogens with one attached hydrogen (secondary N) is 2. The van der Waals surface area contributed by atoms with Crippen LogP contribution in [0.25, 0.3) is 0 Å². The molecule has 0 saturated carbocycles. The Morgan fingerprint density at radius 3 is 2.81 bits per heavy atom. The van der Waals surface area contributed by atoms with Crippen LogP contribution in [0.4, 0.5) is 5.69 Å². The van der Waals surface area contributed by atoms with Gasteiger partial charge in [0.1, 0.15) is 5.82 Å². The SMILES string of the molecule is Cc1n[nH]c(C)c1NC(=O)CN1CCCC1c1nc2c(n1C)CCCC2. The summed E-state index contributed by atoms with van der Waals surface area (Å²) in [4.78, 5) is 19.8. The molecule has 3 heterocycles. The van der Waals surface area contributed by atoms with Crippen molar-refractivity contribution in [3.05, 3.63) is 28.6 Å². The fraction of sp³-hybridized carbons (Fsp3) is 0.632. The first kappa shape index (κ1) is 17.3. The van der Waals surface area contributed by atoms with E-state index in [1.807, 2.05) is 13.8 Å². The smallest absolute Gasteiger partial charge is 0.238 e. The molecule has 140 valence electrons. The molecular weight excluding hydrogens is 328 g/mol. The fourth-order valence-corrected chi connectivity index (χ4v) is 4.41. The van der Waals surface area contributed by atoms with Gasteiger partial charge < -0.3 is 9.88 Å². The molecule has 1 amide bonds. The largest absolute Gasteiger partial charge is 0.334 e. The summed E-state index contributed by atoms with van der Waals surface area (Å²) in [5.74, 6) is 1.15. The zero-order chi connectivity index (χ0) is 18.3. The Morgan fingerprint density at radius 2 is 2.08 bits per heavy atom. The van der Waals surface area contributed by atoms with Gasteiger partial charge in [0, 0.05) is 12.7 Å². The van der Waals surface area contributed by atoms with Crippen LogP contribution >= 0.6 is 0 Å². The van der Waals surface area contributed by atoms with Crippen molar-refractivity contribution in [1.82, 2.24) is 24.6 Å². The molecule has 2 N–H and O–H groups in total. The molecule has 7 heteroatoms. The van der Waals surface area contributed by atoms with Gasteiger partial charge in [0.25, 0.3) is 0 Å². The maximum Gasteiger partial charge on any atom is 0.238 e. The summed E-state index contributed by atoms with van der Waals surface area (Å²) < 4.78 is 2.29. The topological polar surface area (TPSA) is 78.8 Å². The maximum absolute atomic E-state index is 12.6. The number of hydrogen-bond donors (Lipinski definition) is 2. The monoisotopic (exact) mass is 356 g/mol. The lowest BCUT2D eigenvalue weighted by Crippen LogP contribution is -2.34. The molecule has 1 atom stereocenters. The number of aryl methyl sites for hydroxylation is 3. The number of aromatic amines is 1. The van der Waals surface area contributed by atoms with Gasteiger partial charge in [-0.3, -0.25) is 14.8 Å². The maximum atomic E-state index is 12.6. The molecule has 26 heavy (non-hydrogen) atoms. The van der Waals surface area contributed by atoms with Crippen LogP contribution in [0.5, 0.6) is 0 Å². The van der Waals surface area contributed by atoms with E-state index in [-0.39, 0.29) is 11.9 Å². The number of fused-ring (bicyclic) bond motifs is 1. The first-order valence-corrected chi connectivity index (χ1v) is 9.64. The van der Waals surface area contributed by atoms with Crippen molar-refractivity contribution in [2.24, 2.45) is 7.05 Å². The Labute approximate surface area is 154 Å². The Hall–Kier alpha value is -2.15.